The molecule has 0 saturated heterocycles. The number of carbonyl (C=O) groups is 1. The minimum atomic E-state index is -0.755. The number of nitrogens with one attached hydrogen (secondary N) is 2. The SMILES string of the molecule is N#C[C@@H](Cc1nc2ccc(F)cc2[nH]1)NC(=O)c1ccc2ccccc2c1. The number of benzene rings is 3. The van der Waals surface area contributed by atoms with Gasteiger partial charge in [-0.3, -0.25) is 4.79 Å². The molecule has 4 aromatic rings. The number of H-pyrrole nitrogens is 1. The lowest BCUT2D eigenvalue weighted by Crippen LogP contribution is -2.35. The number of nitrogens with zero attached hydrogens (tertiary/aromatic N) is 2. The first-order chi connectivity index (χ1) is 13.1. The number of carbonyl (C=O) groups excluding carboxylic acids is 1. The fraction of sp³-hybridized carbons (Fsp3) is 0.0952. The normalized spacial score (nSPS) is 12.0. The van der Waals surface area contributed by atoms with Crippen molar-refractivity contribution in [3.05, 3.63) is 77.9 Å². The van der Waals surface area contributed by atoms with E-state index in [1.54, 1.807) is 18.2 Å². The predicted octanol–water partition coefficient (Wildman–Crippen LogP) is 3.72. The summed E-state index contributed by atoms with van der Waals surface area (Å²) in [6.45, 7) is 0. The third-order valence-corrected chi connectivity index (χ3v) is 4.36. The molecule has 0 aliphatic rings. The summed E-state index contributed by atoms with van der Waals surface area (Å²) >= 11 is 0. The third kappa shape index (κ3) is 3.48. The Morgan fingerprint density at radius 1 is 1.15 bits per heavy atom. The summed E-state index contributed by atoms with van der Waals surface area (Å²) in [6.07, 6.45) is 0.201. The van der Waals surface area contributed by atoms with Gasteiger partial charge >= 0.3 is 0 Å². The van der Waals surface area contributed by atoms with Gasteiger partial charge < -0.3 is 10.3 Å². The molecule has 0 spiro atoms. The summed E-state index contributed by atoms with van der Waals surface area (Å²) in [6, 6.07) is 18.7. The summed E-state index contributed by atoms with van der Waals surface area (Å²) in [5, 5.41) is 14.1. The lowest BCUT2D eigenvalue weighted by molar-refractivity contribution is 0.0945. The highest BCUT2D eigenvalue weighted by atomic mass is 19.1. The molecular formula is C21H15FN4O. The number of imidazole rings is 1. The number of aromatic nitrogens is 2. The quantitative estimate of drug-likeness (QED) is 0.583. The predicted molar refractivity (Wildman–Crippen MR) is 101 cm³/mol. The van der Waals surface area contributed by atoms with Gasteiger partial charge in [0.25, 0.3) is 5.91 Å². The van der Waals surface area contributed by atoms with Gasteiger partial charge in [-0.1, -0.05) is 30.3 Å². The highest BCUT2D eigenvalue weighted by Gasteiger charge is 2.16. The zero-order chi connectivity index (χ0) is 18.8. The van der Waals surface area contributed by atoms with Crippen molar-refractivity contribution in [1.29, 1.82) is 5.26 Å². The van der Waals surface area contributed by atoms with Gasteiger partial charge in [-0.15, -0.1) is 0 Å². The third-order valence-electron chi connectivity index (χ3n) is 4.36. The van der Waals surface area contributed by atoms with E-state index < -0.39 is 6.04 Å². The van der Waals surface area contributed by atoms with E-state index >= 15 is 0 Å². The number of amides is 1. The van der Waals surface area contributed by atoms with Crippen LogP contribution in [-0.2, 0) is 6.42 Å². The molecule has 0 bridgehead atoms. The Bertz CT molecular complexity index is 1190. The number of hydrogen-bond donors (Lipinski definition) is 2. The molecule has 5 nitrogen and oxygen atoms in total. The number of nitriles is 1. The smallest absolute Gasteiger partial charge is 0.252 e. The number of hydrogen-bond acceptors (Lipinski definition) is 3. The molecule has 0 unspecified atom stereocenters. The van der Waals surface area contributed by atoms with E-state index in [2.05, 4.69) is 21.4 Å². The van der Waals surface area contributed by atoms with Gasteiger partial charge in [0.1, 0.15) is 17.7 Å². The van der Waals surface area contributed by atoms with Crippen LogP contribution in [0, 0.1) is 17.1 Å². The largest absolute Gasteiger partial charge is 0.342 e. The van der Waals surface area contributed by atoms with Crippen molar-refractivity contribution in [2.75, 3.05) is 0 Å². The Morgan fingerprint density at radius 2 is 1.96 bits per heavy atom. The number of rotatable bonds is 4. The van der Waals surface area contributed by atoms with Crippen molar-refractivity contribution < 1.29 is 9.18 Å². The molecule has 6 heteroatoms. The summed E-state index contributed by atoms with van der Waals surface area (Å²) in [5.74, 6) is -0.172. The zero-order valence-corrected chi connectivity index (χ0v) is 14.2. The second-order valence-corrected chi connectivity index (χ2v) is 6.27. The van der Waals surface area contributed by atoms with E-state index in [-0.39, 0.29) is 18.1 Å². The van der Waals surface area contributed by atoms with Gasteiger partial charge in [0.2, 0.25) is 0 Å². The highest BCUT2D eigenvalue weighted by Crippen LogP contribution is 2.16. The molecule has 1 aromatic heterocycles. The van der Waals surface area contributed by atoms with Gasteiger partial charge in [0, 0.05) is 12.0 Å². The number of aromatic amines is 1. The van der Waals surface area contributed by atoms with Crippen LogP contribution in [0.3, 0.4) is 0 Å². The molecule has 0 radical (unpaired) electrons. The zero-order valence-electron chi connectivity index (χ0n) is 14.2. The summed E-state index contributed by atoms with van der Waals surface area (Å²) in [5.41, 5.74) is 1.66. The fourth-order valence-electron chi connectivity index (χ4n) is 3.03. The van der Waals surface area contributed by atoms with Crippen LogP contribution in [0.1, 0.15) is 16.2 Å². The van der Waals surface area contributed by atoms with E-state index in [9.17, 15) is 14.4 Å². The molecule has 0 aliphatic carbocycles. The van der Waals surface area contributed by atoms with E-state index in [1.807, 2.05) is 30.3 Å². The molecule has 132 valence electrons. The van der Waals surface area contributed by atoms with Crippen LogP contribution in [0.5, 0.6) is 0 Å². The minimum absolute atomic E-state index is 0.201. The molecule has 0 fully saturated rings. The molecule has 1 heterocycles. The first-order valence-electron chi connectivity index (χ1n) is 8.46. The van der Waals surface area contributed by atoms with Crippen LogP contribution in [0.2, 0.25) is 0 Å². The molecule has 2 N–H and O–H groups in total. The second-order valence-electron chi connectivity index (χ2n) is 6.27. The van der Waals surface area contributed by atoms with Crippen LogP contribution in [-0.4, -0.2) is 21.9 Å². The Kier molecular flexibility index (Phi) is 4.27. The molecule has 0 saturated carbocycles. The van der Waals surface area contributed by atoms with Crippen molar-refractivity contribution in [2.24, 2.45) is 0 Å². The number of fused-ring (bicyclic) bond motifs is 2. The van der Waals surface area contributed by atoms with Crippen LogP contribution in [0.15, 0.2) is 60.7 Å². The lowest BCUT2D eigenvalue weighted by atomic mass is 10.1. The molecule has 1 atom stereocenters. The van der Waals surface area contributed by atoms with Gasteiger partial charge in [-0.05, 0) is 41.1 Å². The molecule has 4 rings (SSSR count). The second kappa shape index (κ2) is 6.89. The molecular weight excluding hydrogens is 343 g/mol. The van der Waals surface area contributed by atoms with Crippen molar-refractivity contribution in [3.63, 3.8) is 0 Å². The standard InChI is InChI=1S/C21H15FN4O/c22-16-7-8-18-19(10-16)26-20(25-18)11-17(12-23)24-21(27)15-6-5-13-3-1-2-4-14(13)9-15/h1-10,17H,11H2,(H,24,27)(H,25,26)/t17-/m1/s1. The highest BCUT2D eigenvalue weighted by molar-refractivity contribution is 5.98. The Morgan fingerprint density at radius 3 is 2.78 bits per heavy atom. The maximum Gasteiger partial charge on any atom is 0.252 e. The Labute approximate surface area is 154 Å². The molecule has 3 aromatic carbocycles. The van der Waals surface area contributed by atoms with Gasteiger partial charge in [0.15, 0.2) is 0 Å². The van der Waals surface area contributed by atoms with E-state index in [0.29, 0.717) is 22.4 Å². The first kappa shape index (κ1) is 16.7. The van der Waals surface area contributed by atoms with E-state index in [1.165, 1.54) is 12.1 Å². The van der Waals surface area contributed by atoms with Crippen LogP contribution < -0.4 is 5.32 Å². The molecule has 0 aliphatic heterocycles. The lowest BCUT2D eigenvalue weighted by Gasteiger charge is -2.11. The van der Waals surface area contributed by atoms with Crippen LogP contribution in [0.4, 0.5) is 4.39 Å². The number of halogens is 1. The monoisotopic (exact) mass is 358 g/mol. The topological polar surface area (TPSA) is 81.6 Å². The fourth-order valence-corrected chi connectivity index (χ4v) is 3.03. The maximum absolute atomic E-state index is 13.3. The summed E-state index contributed by atoms with van der Waals surface area (Å²) in [4.78, 5) is 19.8. The first-order valence-corrected chi connectivity index (χ1v) is 8.46. The van der Waals surface area contributed by atoms with E-state index in [0.717, 1.165) is 10.8 Å². The van der Waals surface area contributed by atoms with Gasteiger partial charge in [-0.2, -0.15) is 5.26 Å². The minimum Gasteiger partial charge on any atom is -0.342 e. The average molecular weight is 358 g/mol. The Balaban J connectivity index is 1.51. The summed E-state index contributed by atoms with van der Waals surface area (Å²) in [7, 11) is 0. The molecule has 1 amide bonds. The maximum atomic E-state index is 13.3. The van der Waals surface area contributed by atoms with Crippen molar-refractivity contribution >= 4 is 27.7 Å². The van der Waals surface area contributed by atoms with E-state index in [4.69, 9.17) is 0 Å². The van der Waals surface area contributed by atoms with Gasteiger partial charge in [0.05, 0.1) is 17.1 Å². The van der Waals surface area contributed by atoms with Crippen LogP contribution in [0.25, 0.3) is 21.8 Å². The van der Waals surface area contributed by atoms with Gasteiger partial charge in [-0.25, -0.2) is 9.37 Å². The Hall–Kier alpha value is -3.72. The van der Waals surface area contributed by atoms with Crippen molar-refractivity contribution in [1.82, 2.24) is 15.3 Å². The molecule has 27 heavy (non-hydrogen) atoms. The van der Waals surface area contributed by atoms with Crippen molar-refractivity contribution in [2.45, 2.75) is 12.5 Å². The average Bonchev–Trinajstić information content (AvgIpc) is 3.08. The summed E-state index contributed by atoms with van der Waals surface area (Å²) < 4.78 is 13.3. The van der Waals surface area contributed by atoms with Crippen LogP contribution >= 0.6 is 0 Å². The van der Waals surface area contributed by atoms with Crippen molar-refractivity contribution in [3.8, 4) is 6.07 Å².